The molecule has 0 atom stereocenters. The first-order valence-electron chi connectivity index (χ1n) is 9.49. The van der Waals surface area contributed by atoms with E-state index in [1.165, 1.54) is 0 Å². The van der Waals surface area contributed by atoms with Gasteiger partial charge in [-0.1, -0.05) is 0 Å². The predicted octanol–water partition coefficient (Wildman–Crippen LogP) is 1.67. The summed E-state index contributed by atoms with van der Waals surface area (Å²) < 4.78 is 3.25. The van der Waals surface area contributed by atoms with Gasteiger partial charge in [0, 0.05) is 51.2 Å². The first-order chi connectivity index (χ1) is 13.5. The molecule has 0 unspecified atom stereocenters. The van der Waals surface area contributed by atoms with Crippen LogP contribution in [-0.2, 0) is 7.05 Å². The zero-order chi connectivity index (χ0) is 19.8. The first kappa shape index (κ1) is 18.2. The monoisotopic (exact) mass is 380 g/mol. The van der Waals surface area contributed by atoms with E-state index in [9.17, 15) is 9.59 Å². The van der Waals surface area contributed by atoms with Gasteiger partial charge in [-0.25, -0.2) is 4.98 Å². The fraction of sp³-hybridized carbons (Fsp3) is 0.400. The molecule has 0 aliphatic carbocycles. The van der Waals surface area contributed by atoms with E-state index in [0.717, 1.165) is 18.8 Å². The molecule has 0 saturated carbocycles. The molecular formula is C20H24N6O2. The lowest BCUT2D eigenvalue weighted by Gasteiger charge is -2.36. The average Bonchev–Trinajstić information content (AvgIpc) is 3.13. The minimum atomic E-state index is -0.0156. The summed E-state index contributed by atoms with van der Waals surface area (Å²) in [6.07, 6.45) is 3.25. The van der Waals surface area contributed by atoms with Crippen molar-refractivity contribution in [2.24, 2.45) is 7.05 Å². The number of benzene rings is 1. The van der Waals surface area contributed by atoms with Crippen LogP contribution in [0.5, 0.6) is 0 Å². The van der Waals surface area contributed by atoms with Crippen molar-refractivity contribution in [1.82, 2.24) is 24.2 Å². The molecule has 0 N–H and O–H groups in total. The van der Waals surface area contributed by atoms with Crippen LogP contribution in [0.3, 0.4) is 0 Å². The Balaban J connectivity index is 1.51. The quantitative estimate of drug-likeness (QED) is 0.691. The summed E-state index contributed by atoms with van der Waals surface area (Å²) in [5.41, 5.74) is 2.31. The van der Waals surface area contributed by atoms with Crippen molar-refractivity contribution in [2.45, 2.75) is 19.9 Å². The van der Waals surface area contributed by atoms with Crippen LogP contribution >= 0.6 is 0 Å². The van der Waals surface area contributed by atoms with Crippen LogP contribution in [0, 0.1) is 0 Å². The Morgan fingerprint density at radius 1 is 1.11 bits per heavy atom. The van der Waals surface area contributed by atoms with E-state index >= 15 is 0 Å². The highest BCUT2D eigenvalue weighted by Gasteiger charge is 2.24. The van der Waals surface area contributed by atoms with E-state index < -0.39 is 0 Å². The molecule has 1 saturated heterocycles. The summed E-state index contributed by atoms with van der Waals surface area (Å²) in [4.78, 5) is 33.7. The fourth-order valence-electron chi connectivity index (χ4n) is 3.60. The molecule has 8 heteroatoms. The van der Waals surface area contributed by atoms with Crippen molar-refractivity contribution >= 4 is 22.5 Å². The number of anilines is 1. The van der Waals surface area contributed by atoms with E-state index in [0.29, 0.717) is 29.7 Å². The summed E-state index contributed by atoms with van der Waals surface area (Å²) in [5, 5.41) is 4.70. The van der Waals surface area contributed by atoms with Gasteiger partial charge >= 0.3 is 0 Å². The molecule has 3 heterocycles. The molecule has 4 rings (SSSR count). The van der Waals surface area contributed by atoms with Gasteiger partial charge in [-0.2, -0.15) is 5.10 Å². The number of nitrogens with zero attached hydrogens (tertiary/aromatic N) is 6. The maximum absolute atomic E-state index is 12.6. The van der Waals surface area contributed by atoms with Gasteiger partial charge in [0.2, 0.25) is 0 Å². The Morgan fingerprint density at radius 2 is 1.86 bits per heavy atom. The van der Waals surface area contributed by atoms with Gasteiger partial charge in [0.15, 0.2) is 0 Å². The van der Waals surface area contributed by atoms with Crippen molar-refractivity contribution in [3.05, 3.63) is 52.8 Å². The standard InChI is InChI=1S/C20H24N6O2/c1-14(2)26-13-21-17-12-15(4-5-16(17)19(26)27)24-8-10-25(11-9-24)20(28)18-6-7-22-23(18)3/h4-7,12-14H,8-11H2,1-3H3. The highest BCUT2D eigenvalue weighted by atomic mass is 16.2. The van der Waals surface area contributed by atoms with E-state index in [1.54, 1.807) is 34.9 Å². The normalized spacial score (nSPS) is 14.9. The number of hydrogen-bond donors (Lipinski definition) is 0. The first-order valence-corrected chi connectivity index (χ1v) is 9.49. The Labute approximate surface area is 163 Å². The largest absolute Gasteiger partial charge is 0.368 e. The summed E-state index contributed by atoms with van der Waals surface area (Å²) in [6.45, 7) is 6.69. The molecule has 0 bridgehead atoms. The number of fused-ring (bicyclic) bond motifs is 1. The van der Waals surface area contributed by atoms with E-state index in [4.69, 9.17) is 0 Å². The third-order valence-corrected chi connectivity index (χ3v) is 5.30. The Hall–Kier alpha value is -3.16. The zero-order valence-corrected chi connectivity index (χ0v) is 16.4. The number of aryl methyl sites for hydroxylation is 1. The van der Waals surface area contributed by atoms with Gasteiger partial charge in [0.1, 0.15) is 5.69 Å². The fourth-order valence-corrected chi connectivity index (χ4v) is 3.60. The van der Waals surface area contributed by atoms with Crippen LogP contribution in [-0.4, -0.2) is 56.3 Å². The second-order valence-electron chi connectivity index (χ2n) is 7.37. The Morgan fingerprint density at radius 3 is 2.50 bits per heavy atom. The van der Waals surface area contributed by atoms with Crippen LogP contribution in [0.4, 0.5) is 5.69 Å². The molecule has 3 aromatic rings. The third-order valence-electron chi connectivity index (χ3n) is 5.30. The van der Waals surface area contributed by atoms with Crippen molar-refractivity contribution < 1.29 is 4.79 Å². The van der Waals surface area contributed by atoms with Crippen LogP contribution in [0.15, 0.2) is 41.6 Å². The van der Waals surface area contributed by atoms with Crippen molar-refractivity contribution in [3.8, 4) is 0 Å². The smallest absolute Gasteiger partial charge is 0.272 e. The van der Waals surface area contributed by atoms with Crippen molar-refractivity contribution in [3.63, 3.8) is 0 Å². The van der Waals surface area contributed by atoms with Crippen molar-refractivity contribution in [2.75, 3.05) is 31.1 Å². The van der Waals surface area contributed by atoms with Gasteiger partial charge in [-0.05, 0) is 38.1 Å². The molecule has 2 aromatic heterocycles. The topological polar surface area (TPSA) is 76.3 Å². The van der Waals surface area contributed by atoms with Crippen molar-refractivity contribution in [1.29, 1.82) is 0 Å². The van der Waals surface area contributed by atoms with Gasteiger partial charge < -0.3 is 9.80 Å². The molecular weight excluding hydrogens is 356 g/mol. The van der Waals surface area contributed by atoms with Gasteiger partial charge in [-0.15, -0.1) is 0 Å². The third kappa shape index (κ3) is 3.15. The lowest BCUT2D eigenvalue weighted by molar-refractivity contribution is 0.0735. The van der Waals surface area contributed by atoms with Crippen LogP contribution in [0.1, 0.15) is 30.4 Å². The molecule has 1 aliphatic rings. The minimum absolute atomic E-state index is 0.00839. The Bertz CT molecular complexity index is 1080. The number of carbonyl (C=O) groups is 1. The van der Waals surface area contributed by atoms with Crippen LogP contribution in [0.25, 0.3) is 10.9 Å². The molecule has 0 radical (unpaired) electrons. The molecule has 1 amide bonds. The molecule has 1 aliphatic heterocycles. The van der Waals surface area contributed by atoms with Gasteiger partial charge in [0.25, 0.3) is 11.5 Å². The molecule has 0 spiro atoms. The molecule has 1 fully saturated rings. The molecule has 146 valence electrons. The zero-order valence-electron chi connectivity index (χ0n) is 16.4. The maximum Gasteiger partial charge on any atom is 0.272 e. The predicted molar refractivity (Wildman–Crippen MR) is 108 cm³/mol. The lowest BCUT2D eigenvalue weighted by atomic mass is 10.2. The van der Waals surface area contributed by atoms with E-state index in [2.05, 4.69) is 15.0 Å². The van der Waals surface area contributed by atoms with Gasteiger partial charge in [0.05, 0.1) is 17.2 Å². The highest BCUT2D eigenvalue weighted by molar-refractivity contribution is 5.92. The summed E-state index contributed by atoms with van der Waals surface area (Å²) in [7, 11) is 1.78. The summed E-state index contributed by atoms with van der Waals surface area (Å²) in [5.74, 6) is 0.00839. The maximum atomic E-state index is 12.6. The summed E-state index contributed by atoms with van der Waals surface area (Å²) >= 11 is 0. The number of piperazine rings is 1. The minimum Gasteiger partial charge on any atom is -0.368 e. The molecule has 1 aromatic carbocycles. The van der Waals surface area contributed by atoms with Crippen LogP contribution < -0.4 is 10.5 Å². The second-order valence-corrected chi connectivity index (χ2v) is 7.37. The number of aromatic nitrogens is 4. The molecule has 28 heavy (non-hydrogen) atoms. The highest BCUT2D eigenvalue weighted by Crippen LogP contribution is 2.21. The molecule has 8 nitrogen and oxygen atoms in total. The number of amides is 1. The van der Waals surface area contributed by atoms with E-state index in [-0.39, 0.29) is 17.5 Å². The van der Waals surface area contributed by atoms with Crippen LogP contribution in [0.2, 0.25) is 0 Å². The second kappa shape index (κ2) is 7.10. The number of carbonyl (C=O) groups excluding carboxylic acids is 1. The summed E-state index contributed by atoms with van der Waals surface area (Å²) in [6, 6.07) is 7.60. The number of rotatable bonds is 3. The van der Waals surface area contributed by atoms with Gasteiger partial charge in [-0.3, -0.25) is 18.8 Å². The number of hydrogen-bond acceptors (Lipinski definition) is 5. The SMILES string of the molecule is CC(C)n1cnc2cc(N3CCN(C(=O)c4ccnn4C)CC3)ccc2c1=O. The van der Waals surface area contributed by atoms with E-state index in [1.807, 2.05) is 36.9 Å². The Kier molecular flexibility index (Phi) is 4.62. The average molecular weight is 380 g/mol. The lowest BCUT2D eigenvalue weighted by Crippen LogP contribution is -2.49.